The Hall–Kier alpha value is -1.50. The van der Waals surface area contributed by atoms with Crippen molar-refractivity contribution in [3.05, 3.63) is 62.1 Å². The van der Waals surface area contributed by atoms with Gasteiger partial charge in [-0.2, -0.15) is 0 Å². The first-order valence-electron chi connectivity index (χ1n) is 15.2. The third-order valence-corrected chi connectivity index (χ3v) is 6.67. The quantitative estimate of drug-likeness (QED) is 0.279. The average Bonchev–Trinajstić information content (AvgIpc) is 2.91. The molecule has 0 saturated carbocycles. The highest BCUT2D eigenvalue weighted by atomic mass is 16.5. The zero-order valence-corrected chi connectivity index (χ0v) is 23.4. The van der Waals surface area contributed by atoms with Crippen molar-refractivity contribution in [1.29, 1.82) is 0 Å². The molecule has 3 aliphatic carbocycles. The van der Waals surface area contributed by atoms with Gasteiger partial charge in [-0.3, -0.25) is 0 Å². The first-order valence-corrected chi connectivity index (χ1v) is 15.2. The first kappa shape index (κ1) is 33.5. The fourth-order valence-corrected chi connectivity index (χ4v) is 4.47. The van der Waals surface area contributed by atoms with Gasteiger partial charge in [0.05, 0.1) is 12.5 Å². The zero-order chi connectivity index (χ0) is 25.3. The maximum absolute atomic E-state index is 4.36. The number of ether oxygens (including phenoxy) is 1. The molecule has 3 aliphatic rings. The average molecular weight is 485 g/mol. The smallest absolute Gasteiger partial charge is 0.0829 e. The summed E-state index contributed by atoms with van der Waals surface area (Å²) in [6.07, 6.45) is 50.6. The second-order valence-electron chi connectivity index (χ2n) is 9.98. The lowest BCUT2D eigenvalue weighted by atomic mass is 10.1. The van der Waals surface area contributed by atoms with E-state index in [0.717, 1.165) is 0 Å². The lowest BCUT2D eigenvalue weighted by Crippen LogP contribution is -1.81. The molecule has 0 bridgehead atoms. The summed E-state index contributed by atoms with van der Waals surface area (Å²) in [5, 5.41) is 0. The zero-order valence-electron chi connectivity index (χ0n) is 23.4. The third-order valence-electron chi connectivity index (χ3n) is 6.67. The third kappa shape index (κ3) is 32.5. The molecule has 0 heterocycles. The molecule has 0 fully saturated rings. The van der Waals surface area contributed by atoms with Crippen molar-refractivity contribution < 1.29 is 4.74 Å². The predicted octanol–water partition coefficient (Wildman–Crippen LogP) is 12.3. The van der Waals surface area contributed by atoms with E-state index in [2.05, 4.69) is 54.4 Å². The molecule has 1 nitrogen and oxygen atoms in total. The van der Waals surface area contributed by atoms with E-state index in [4.69, 9.17) is 0 Å². The lowest BCUT2D eigenvalue weighted by Gasteiger charge is -2.01. The summed E-state index contributed by atoms with van der Waals surface area (Å²) >= 11 is 0. The summed E-state index contributed by atoms with van der Waals surface area (Å²) in [5.41, 5.74) is 0. The lowest BCUT2D eigenvalue weighted by molar-refractivity contribution is 0.406. The van der Waals surface area contributed by atoms with Gasteiger partial charge in [0.1, 0.15) is 0 Å². The molecule has 0 N–H and O–H groups in total. The van der Waals surface area contributed by atoms with Crippen molar-refractivity contribution in [3.63, 3.8) is 0 Å². The van der Waals surface area contributed by atoms with E-state index in [1.54, 1.807) is 0 Å². The van der Waals surface area contributed by atoms with Crippen LogP contribution in [0.1, 0.15) is 154 Å². The van der Waals surface area contributed by atoms with Crippen LogP contribution in [0, 0.1) is 0 Å². The Morgan fingerprint density at radius 1 is 0.314 bits per heavy atom. The highest BCUT2D eigenvalue weighted by molar-refractivity contribution is 4.83. The molecular formula is C34H60O. The van der Waals surface area contributed by atoms with Crippen molar-refractivity contribution in [2.75, 3.05) is 0 Å². The van der Waals surface area contributed by atoms with Crippen LogP contribution in [0.25, 0.3) is 0 Å². The van der Waals surface area contributed by atoms with E-state index >= 15 is 0 Å². The monoisotopic (exact) mass is 484 g/mol. The van der Waals surface area contributed by atoms with Crippen LogP contribution >= 0.6 is 0 Å². The Morgan fingerprint density at radius 2 is 0.486 bits per heavy atom. The van der Waals surface area contributed by atoms with Gasteiger partial charge < -0.3 is 4.74 Å². The standard InChI is InChI=1S/3C10H18.C4H6O/c3*1-2-4-6-8-10-9-7-5-3-1;1-3-5-4-2/h3*1-2H,3-10H2;3-4H,1-2H2/b3*2-1-;. The summed E-state index contributed by atoms with van der Waals surface area (Å²) < 4.78 is 4.36. The van der Waals surface area contributed by atoms with E-state index in [0.29, 0.717) is 0 Å². The van der Waals surface area contributed by atoms with Crippen molar-refractivity contribution >= 4 is 0 Å². The van der Waals surface area contributed by atoms with E-state index < -0.39 is 0 Å². The van der Waals surface area contributed by atoms with Crippen LogP contribution in [0.4, 0.5) is 0 Å². The fraction of sp³-hybridized carbons (Fsp3) is 0.706. The molecule has 0 spiro atoms. The molecule has 0 aromatic rings. The summed E-state index contributed by atoms with van der Waals surface area (Å²) in [6, 6.07) is 0. The van der Waals surface area contributed by atoms with Crippen LogP contribution in [-0.4, -0.2) is 0 Å². The molecule has 202 valence electrons. The minimum atomic E-state index is 1.31. The minimum absolute atomic E-state index is 1.31. The number of hydrogen-bond donors (Lipinski definition) is 0. The van der Waals surface area contributed by atoms with E-state index in [-0.39, 0.29) is 0 Å². The van der Waals surface area contributed by atoms with Gasteiger partial charge in [0, 0.05) is 0 Å². The molecule has 1 heteroatoms. The summed E-state index contributed by atoms with van der Waals surface area (Å²) in [6.45, 7) is 6.51. The second-order valence-corrected chi connectivity index (χ2v) is 9.98. The molecule has 0 amide bonds. The van der Waals surface area contributed by atoms with Gasteiger partial charge in [-0.05, 0) is 77.0 Å². The van der Waals surface area contributed by atoms with Crippen molar-refractivity contribution in [2.24, 2.45) is 0 Å². The second kappa shape index (κ2) is 32.5. The van der Waals surface area contributed by atoms with Crippen LogP contribution < -0.4 is 0 Å². The summed E-state index contributed by atoms with van der Waals surface area (Å²) in [5.74, 6) is 0. The first-order chi connectivity index (χ1) is 17.4. The molecule has 35 heavy (non-hydrogen) atoms. The van der Waals surface area contributed by atoms with Crippen LogP contribution in [0.3, 0.4) is 0 Å². The molecule has 3 rings (SSSR count). The minimum Gasteiger partial charge on any atom is -0.474 e. The summed E-state index contributed by atoms with van der Waals surface area (Å²) in [4.78, 5) is 0. The number of rotatable bonds is 2. The molecule has 0 unspecified atom stereocenters. The Labute approximate surface area is 220 Å². The van der Waals surface area contributed by atoms with Crippen LogP contribution in [0.5, 0.6) is 0 Å². The SMILES string of the molecule is C1=C\CCCCCCCC/1.C1=C\CCCCCCCC/1.C1=C\CCCCCCCC/1.C=COC=C. The van der Waals surface area contributed by atoms with Gasteiger partial charge >= 0.3 is 0 Å². The largest absolute Gasteiger partial charge is 0.474 e. The predicted molar refractivity (Wildman–Crippen MR) is 160 cm³/mol. The molecular weight excluding hydrogens is 424 g/mol. The Balaban J connectivity index is 0.000000453. The molecule has 0 saturated heterocycles. The molecule has 0 atom stereocenters. The van der Waals surface area contributed by atoms with E-state index in [1.807, 2.05) is 0 Å². The maximum atomic E-state index is 4.36. The van der Waals surface area contributed by atoms with Crippen molar-refractivity contribution in [1.82, 2.24) is 0 Å². The maximum Gasteiger partial charge on any atom is 0.0829 e. The van der Waals surface area contributed by atoms with Crippen molar-refractivity contribution in [2.45, 2.75) is 154 Å². The number of hydrogen-bond acceptors (Lipinski definition) is 1. The Morgan fingerprint density at radius 3 is 0.629 bits per heavy atom. The van der Waals surface area contributed by atoms with E-state index in [1.165, 1.54) is 167 Å². The van der Waals surface area contributed by atoms with E-state index in [9.17, 15) is 0 Å². The summed E-state index contributed by atoms with van der Waals surface area (Å²) in [7, 11) is 0. The molecule has 0 radical (unpaired) electrons. The van der Waals surface area contributed by atoms with Gasteiger partial charge in [-0.1, -0.05) is 127 Å². The van der Waals surface area contributed by atoms with Crippen LogP contribution in [-0.2, 0) is 4.74 Å². The number of allylic oxidation sites excluding steroid dienone is 6. The highest BCUT2D eigenvalue weighted by Gasteiger charge is 1.93. The molecule has 0 aromatic carbocycles. The van der Waals surface area contributed by atoms with Crippen LogP contribution in [0.15, 0.2) is 62.1 Å². The normalized spacial score (nSPS) is 22.7. The van der Waals surface area contributed by atoms with Gasteiger partial charge in [0.15, 0.2) is 0 Å². The molecule has 0 aliphatic heterocycles. The highest BCUT2D eigenvalue weighted by Crippen LogP contribution is 2.13. The molecule has 0 aromatic heterocycles. The van der Waals surface area contributed by atoms with Crippen LogP contribution in [0.2, 0.25) is 0 Å². The van der Waals surface area contributed by atoms with Gasteiger partial charge in [-0.15, -0.1) is 0 Å². The van der Waals surface area contributed by atoms with Gasteiger partial charge in [0.25, 0.3) is 0 Å². The topological polar surface area (TPSA) is 9.23 Å². The van der Waals surface area contributed by atoms with Gasteiger partial charge in [0.2, 0.25) is 0 Å². The Kier molecular flexibility index (Phi) is 31.1. The van der Waals surface area contributed by atoms with Gasteiger partial charge in [-0.25, -0.2) is 0 Å². The fourth-order valence-electron chi connectivity index (χ4n) is 4.47. The van der Waals surface area contributed by atoms with Crippen molar-refractivity contribution in [3.8, 4) is 0 Å². The Bertz CT molecular complexity index is 395.